The third-order valence-electron chi connectivity index (χ3n) is 5.70. The second-order valence-electron chi connectivity index (χ2n) is 7.72. The first-order valence-electron chi connectivity index (χ1n) is 10.5. The van der Waals surface area contributed by atoms with Crippen LogP contribution in [0, 0.1) is 0 Å². The SMILES string of the molecule is O=C(OCC(=O)N1CCc2ccccc2C1)c1cc(-c2cccnc2)nc2ccccc12. The lowest BCUT2D eigenvalue weighted by atomic mass is 10.00. The average Bonchev–Trinajstić information content (AvgIpc) is 2.86. The smallest absolute Gasteiger partial charge is 0.339 e. The molecule has 2 aromatic heterocycles. The normalized spacial score (nSPS) is 12.9. The molecule has 158 valence electrons. The van der Waals surface area contributed by atoms with Gasteiger partial charge in [-0.25, -0.2) is 9.78 Å². The van der Waals surface area contributed by atoms with Crippen molar-refractivity contribution >= 4 is 22.8 Å². The minimum absolute atomic E-state index is 0.196. The highest BCUT2D eigenvalue weighted by atomic mass is 16.5. The van der Waals surface area contributed by atoms with Crippen molar-refractivity contribution in [2.75, 3.05) is 13.2 Å². The van der Waals surface area contributed by atoms with Crippen LogP contribution in [0.1, 0.15) is 21.5 Å². The van der Waals surface area contributed by atoms with Crippen molar-refractivity contribution in [1.29, 1.82) is 0 Å². The monoisotopic (exact) mass is 423 g/mol. The Morgan fingerprint density at radius 2 is 1.78 bits per heavy atom. The van der Waals surface area contributed by atoms with E-state index in [2.05, 4.69) is 16.0 Å². The van der Waals surface area contributed by atoms with Gasteiger partial charge in [0.1, 0.15) is 0 Å². The highest BCUT2D eigenvalue weighted by Gasteiger charge is 2.22. The molecular formula is C26H21N3O3. The zero-order chi connectivity index (χ0) is 21.9. The molecule has 4 aromatic rings. The van der Waals surface area contributed by atoms with Crippen LogP contribution < -0.4 is 0 Å². The predicted octanol–water partition coefficient (Wildman–Crippen LogP) is 4.04. The standard InChI is InChI=1S/C26H21N3O3/c30-25(29-13-11-18-6-1-2-7-20(18)16-29)17-32-26(31)22-14-24(19-8-5-12-27-15-19)28-23-10-4-3-9-21(22)23/h1-10,12,14-15H,11,13,16-17H2. The number of carbonyl (C=O) groups is 2. The van der Waals surface area contributed by atoms with Gasteiger partial charge < -0.3 is 9.64 Å². The van der Waals surface area contributed by atoms with E-state index in [0.717, 1.165) is 17.5 Å². The molecule has 1 amide bonds. The number of benzene rings is 2. The van der Waals surface area contributed by atoms with Crippen LogP contribution in [0.5, 0.6) is 0 Å². The summed E-state index contributed by atoms with van der Waals surface area (Å²) in [5.74, 6) is -0.738. The number of ether oxygens (including phenoxy) is 1. The zero-order valence-electron chi connectivity index (χ0n) is 17.4. The van der Waals surface area contributed by atoms with Crippen LogP contribution in [-0.4, -0.2) is 39.9 Å². The van der Waals surface area contributed by atoms with Gasteiger partial charge in [0.25, 0.3) is 5.91 Å². The summed E-state index contributed by atoms with van der Waals surface area (Å²) in [6.45, 7) is 0.868. The van der Waals surface area contributed by atoms with Crippen LogP contribution in [0.3, 0.4) is 0 Å². The van der Waals surface area contributed by atoms with Gasteiger partial charge in [0.2, 0.25) is 0 Å². The second kappa shape index (κ2) is 8.59. The molecule has 0 fully saturated rings. The van der Waals surface area contributed by atoms with Crippen molar-refractivity contribution in [3.63, 3.8) is 0 Å². The number of amides is 1. The number of hydrogen-bond donors (Lipinski definition) is 0. The molecule has 0 saturated carbocycles. The molecule has 32 heavy (non-hydrogen) atoms. The van der Waals surface area contributed by atoms with Crippen molar-refractivity contribution in [2.45, 2.75) is 13.0 Å². The molecule has 2 aromatic carbocycles. The number of fused-ring (bicyclic) bond motifs is 2. The molecule has 0 spiro atoms. The number of aromatic nitrogens is 2. The molecule has 5 rings (SSSR count). The van der Waals surface area contributed by atoms with E-state index in [-0.39, 0.29) is 12.5 Å². The molecular weight excluding hydrogens is 402 g/mol. The van der Waals surface area contributed by atoms with Crippen LogP contribution in [-0.2, 0) is 22.5 Å². The molecule has 3 heterocycles. The van der Waals surface area contributed by atoms with Crippen LogP contribution in [0.25, 0.3) is 22.2 Å². The van der Waals surface area contributed by atoms with E-state index in [4.69, 9.17) is 4.74 Å². The fourth-order valence-electron chi connectivity index (χ4n) is 4.01. The molecule has 6 heteroatoms. The minimum Gasteiger partial charge on any atom is -0.452 e. The fraction of sp³-hybridized carbons (Fsp3) is 0.154. The summed E-state index contributed by atoms with van der Waals surface area (Å²) in [6, 6.07) is 20.9. The average molecular weight is 423 g/mol. The molecule has 0 aliphatic carbocycles. The topological polar surface area (TPSA) is 72.4 Å². The molecule has 1 aliphatic rings. The molecule has 0 radical (unpaired) electrons. The first-order chi connectivity index (χ1) is 15.7. The van der Waals surface area contributed by atoms with Gasteiger partial charge in [-0.2, -0.15) is 0 Å². The van der Waals surface area contributed by atoms with Gasteiger partial charge in [-0.1, -0.05) is 42.5 Å². The fourth-order valence-corrected chi connectivity index (χ4v) is 4.01. The molecule has 0 unspecified atom stereocenters. The van der Waals surface area contributed by atoms with Crippen molar-refractivity contribution in [2.24, 2.45) is 0 Å². The maximum absolute atomic E-state index is 13.0. The Bertz CT molecular complexity index is 1300. The quantitative estimate of drug-likeness (QED) is 0.463. The number of esters is 1. The summed E-state index contributed by atoms with van der Waals surface area (Å²) in [5.41, 5.74) is 4.89. The van der Waals surface area contributed by atoms with E-state index in [1.807, 2.05) is 54.6 Å². The van der Waals surface area contributed by atoms with Gasteiger partial charge >= 0.3 is 5.97 Å². The highest BCUT2D eigenvalue weighted by Crippen LogP contribution is 2.25. The second-order valence-corrected chi connectivity index (χ2v) is 7.72. The highest BCUT2D eigenvalue weighted by molar-refractivity contribution is 6.05. The van der Waals surface area contributed by atoms with E-state index >= 15 is 0 Å². The lowest BCUT2D eigenvalue weighted by molar-refractivity contribution is -0.135. The maximum Gasteiger partial charge on any atom is 0.339 e. The van der Waals surface area contributed by atoms with Crippen molar-refractivity contribution in [1.82, 2.24) is 14.9 Å². The van der Waals surface area contributed by atoms with Gasteiger partial charge in [-0.3, -0.25) is 9.78 Å². The molecule has 1 aliphatic heterocycles. The van der Waals surface area contributed by atoms with Gasteiger partial charge in [0.05, 0.1) is 16.8 Å². The summed E-state index contributed by atoms with van der Waals surface area (Å²) in [6.07, 6.45) is 4.19. The van der Waals surface area contributed by atoms with Crippen LogP contribution >= 0.6 is 0 Å². The van der Waals surface area contributed by atoms with E-state index in [1.54, 1.807) is 23.4 Å². The van der Waals surface area contributed by atoms with Crippen molar-refractivity contribution in [3.05, 3.63) is 95.8 Å². The van der Waals surface area contributed by atoms with Crippen molar-refractivity contribution < 1.29 is 14.3 Å². The summed E-state index contributed by atoms with van der Waals surface area (Å²) in [4.78, 5) is 36.2. The first-order valence-corrected chi connectivity index (χ1v) is 10.5. The Kier molecular flexibility index (Phi) is 5.34. The van der Waals surface area contributed by atoms with E-state index in [9.17, 15) is 9.59 Å². The molecule has 0 N–H and O–H groups in total. The first kappa shape index (κ1) is 19.9. The third-order valence-corrected chi connectivity index (χ3v) is 5.70. The lowest BCUT2D eigenvalue weighted by Crippen LogP contribution is -2.38. The van der Waals surface area contributed by atoms with Gasteiger partial charge in [-0.05, 0) is 41.8 Å². The number of carbonyl (C=O) groups excluding carboxylic acids is 2. The maximum atomic E-state index is 13.0. The van der Waals surface area contributed by atoms with Gasteiger partial charge in [0.15, 0.2) is 6.61 Å². The predicted molar refractivity (Wildman–Crippen MR) is 121 cm³/mol. The molecule has 0 bridgehead atoms. The summed E-state index contributed by atoms with van der Waals surface area (Å²) < 4.78 is 5.46. The summed E-state index contributed by atoms with van der Waals surface area (Å²) >= 11 is 0. The minimum atomic E-state index is -0.542. The Balaban J connectivity index is 1.35. The van der Waals surface area contributed by atoms with Crippen molar-refractivity contribution in [3.8, 4) is 11.3 Å². The Labute approximate surface area is 185 Å². The van der Waals surface area contributed by atoms with Gasteiger partial charge in [0, 0.05) is 36.4 Å². The Morgan fingerprint density at radius 3 is 2.62 bits per heavy atom. The number of hydrogen-bond acceptors (Lipinski definition) is 5. The lowest BCUT2D eigenvalue weighted by Gasteiger charge is -2.28. The van der Waals surface area contributed by atoms with Crippen LogP contribution in [0.2, 0.25) is 0 Å². The Morgan fingerprint density at radius 1 is 0.969 bits per heavy atom. The van der Waals surface area contributed by atoms with E-state index in [1.165, 1.54) is 5.56 Å². The Hall–Kier alpha value is -4.06. The number of nitrogens with zero attached hydrogens (tertiary/aromatic N) is 3. The van der Waals surface area contributed by atoms with Crippen LogP contribution in [0.4, 0.5) is 0 Å². The van der Waals surface area contributed by atoms with Crippen LogP contribution in [0.15, 0.2) is 79.1 Å². The summed E-state index contributed by atoms with van der Waals surface area (Å²) in [5, 5.41) is 0.685. The largest absolute Gasteiger partial charge is 0.452 e. The zero-order valence-corrected chi connectivity index (χ0v) is 17.4. The molecule has 0 saturated heterocycles. The van der Waals surface area contributed by atoms with E-state index < -0.39 is 5.97 Å². The van der Waals surface area contributed by atoms with Gasteiger partial charge in [-0.15, -0.1) is 0 Å². The number of rotatable bonds is 4. The number of pyridine rings is 2. The molecule has 0 atom stereocenters. The third kappa shape index (κ3) is 3.95. The van der Waals surface area contributed by atoms with E-state index in [0.29, 0.717) is 35.2 Å². The molecule has 6 nitrogen and oxygen atoms in total. The summed E-state index contributed by atoms with van der Waals surface area (Å²) in [7, 11) is 0. The number of para-hydroxylation sites is 1.